The predicted octanol–water partition coefficient (Wildman–Crippen LogP) is 3.88. The van der Waals surface area contributed by atoms with Crippen LogP contribution in [0.4, 0.5) is 5.69 Å². The first-order chi connectivity index (χ1) is 15.5. The van der Waals surface area contributed by atoms with Gasteiger partial charge in [-0.15, -0.1) is 11.8 Å². The van der Waals surface area contributed by atoms with Crippen molar-refractivity contribution in [1.29, 1.82) is 0 Å². The van der Waals surface area contributed by atoms with Gasteiger partial charge in [0.25, 0.3) is 0 Å². The largest absolute Gasteiger partial charge is 0.468 e. The molecule has 1 saturated heterocycles. The Bertz CT molecular complexity index is 1130. The summed E-state index contributed by atoms with van der Waals surface area (Å²) in [7, 11) is 0. The number of furan rings is 1. The molecule has 2 aromatic carbocycles. The van der Waals surface area contributed by atoms with Crippen molar-refractivity contribution in [3.05, 3.63) is 89.9 Å². The molecular weight excluding hydrogens is 430 g/mol. The minimum absolute atomic E-state index is 0.107. The third kappa shape index (κ3) is 4.81. The van der Waals surface area contributed by atoms with Gasteiger partial charge in [0.2, 0.25) is 11.8 Å². The zero-order valence-corrected chi connectivity index (χ0v) is 17.7. The number of amides is 2. The van der Waals surface area contributed by atoms with E-state index in [0.29, 0.717) is 17.0 Å². The number of thioether (sulfide) groups is 1. The van der Waals surface area contributed by atoms with Gasteiger partial charge in [-0.1, -0.05) is 30.3 Å². The van der Waals surface area contributed by atoms with E-state index in [2.05, 4.69) is 0 Å². The van der Waals surface area contributed by atoms with E-state index in [1.165, 1.54) is 36.0 Å². The van der Waals surface area contributed by atoms with Crippen molar-refractivity contribution >= 4 is 41.0 Å². The van der Waals surface area contributed by atoms with Gasteiger partial charge in [0, 0.05) is 12.0 Å². The molecule has 32 heavy (non-hydrogen) atoms. The molecule has 1 fully saturated rings. The smallest absolute Gasteiger partial charge is 0.338 e. The first-order valence-corrected chi connectivity index (χ1v) is 10.9. The standard InChI is InChI=1S/C24H19NO6S/c26-20(16-5-2-1-3-6-16)14-31-24(29)17-8-10-18(11-9-17)25-22(27)13-21(23(25)28)32-15-19-7-4-12-30-19/h1-12,21H,13-15H2. The van der Waals surface area contributed by atoms with E-state index in [-0.39, 0.29) is 36.2 Å². The van der Waals surface area contributed by atoms with Gasteiger partial charge in [-0.2, -0.15) is 0 Å². The number of ketones is 1. The molecule has 0 saturated carbocycles. The highest BCUT2D eigenvalue weighted by Crippen LogP contribution is 2.31. The number of anilines is 1. The van der Waals surface area contributed by atoms with Crippen molar-refractivity contribution in [2.24, 2.45) is 0 Å². The Morgan fingerprint density at radius 1 is 0.969 bits per heavy atom. The van der Waals surface area contributed by atoms with E-state index in [1.54, 1.807) is 42.7 Å². The number of rotatable bonds is 8. The molecule has 8 heteroatoms. The topological polar surface area (TPSA) is 93.9 Å². The average Bonchev–Trinajstić information content (AvgIpc) is 3.44. The van der Waals surface area contributed by atoms with Gasteiger partial charge in [0.05, 0.1) is 28.5 Å². The van der Waals surface area contributed by atoms with Gasteiger partial charge in [-0.05, 0) is 36.4 Å². The van der Waals surface area contributed by atoms with Crippen molar-refractivity contribution in [1.82, 2.24) is 0 Å². The van der Waals surface area contributed by atoms with Gasteiger partial charge in [0.1, 0.15) is 5.76 Å². The minimum Gasteiger partial charge on any atom is -0.468 e. The average molecular weight is 449 g/mol. The van der Waals surface area contributed by atoms with E-state index in [9.17, 15) is 19.2 Å². The number of imide groups is 1. The Morgan fingerprint density at radius 3 is 2.41 bits per heavy atom. The quantitative estimate of drug-likeness (QED) is 0.293. The summed E-state index contributed by atoms with van der Waals surface area (Å²) >= 11 is 1.36. The molecule has 0 spiro atoms. The predicted molar refractivity (Wildman–Crippen MR) is 118 cm³/mol. The third-order valence-corrected chi connectivity index (χ3v) is 6.13. The number of nitrogens with zero attached hydrogens (tertiary/aromatic N) is 1. The molecule has 0 aliphatic carbocycles. The SMILES string of the molecule is O=C(COC(=O)c1ccc(N2C(=O)CC(SCc3ccco3)C2=O)cc1)c1ccccc1. The van der Waals surface area contributed by atoms with E-state index in [1.807, 2.05) is 6.07 Å². The van der Waals surface area contributed by atoms with Gasteiger partial charge in [-0.3, -0.25) is 14.4 Å². The Balaban J connectivity index is 1.35. The van der Waals surface area contributed by atoms with Crippen LogP contribution in [-0.4, -0.2) is 35.4 Å². The van der Waals surface area contributed by atoms with Crippen LogP contribution >= 0.6 is 11.8 Å². The summed E-state index contributed by atoms with van der Waals surface area (Å²) < 4.78 is 10.4. The number of Topliss-reactive ketones (excluding diaryl/α,β-unsaturated/α-hetero) is 1. The van der Waals surface area contributed by atoms with Crippen LogP contribution in [0.1, 0.15) is 32.9 Å². The summed E-state index contributed by atoms with van der Waals surface area (Å²) in [6.07, 6.45) is 1.67. The highest BCUT2D eigenvalue weighted by molar-refractivity contribution is 7.99. The maximum absolute atomic E-state index is 12.7. The van der Waals surface area contributed by atoms with Crippen LogP contribution in [0.5, 0.6) is 0 Å². The highest BCUT2D eigenvalue weighted by atomic mass is 32.2. The molecule has 1 aliphatic heterocycles. The van der Waals surface area contributed by atoms with Crippen molar-refractivity contribution in [3.8, 4) is 0 Å². The molecule has 1 unspecified atom stereocenters. The summed E-state index contributed by atoms with van der Waals surface area (Å²) in [5.41, 5.74) is 1.07. The number of esters is 1. The monoisotopic (exact) mass is 449 g/mol. The highest BCUT2D eigenvalue weighted by Gasteiger charge is 2.39. The lowest BCUT2D eigenvalue weighted by Crippen LogP contribution is -2.31. The lowest BCUT2D eigenvalue weighted by molar-refractivity contribution is -0.121. The number of benzene rings is 2. The maximum Gasteiger partial charge on any atom is 0.338 e. The van der Waals surface area contributed by atoms with E-state index < -0.39 is 11.2 Å². The number of hydrogen-bond donors (Lipinski definition) is 0. The number of ether oxygens (including phenoxy) is 1. The second kappa shape index (κ2) is 9.65. The summed E-state index contributed by atoms with van der Waals surface area (Å²) in [6, 6.07) is 18.1. The van der Waals surface area contributed by atoms with Gasteiger partial charge >= 0.3 is 5.97 Å². The summed E-state index contributed by atoms with van der Waals surface area (Å²) in [6.45, 7) is -0.373. The fraction of sp³-hybridized carbons (Fsp3) is 0.167. The van der Waals surface area contributed by atoms with Crippen molar-refractivity contribution < 1.29 is 28.3 Å². The van der Waals surface area contributed by atoms with E-state index in [0.717, 1.165) is 10.7 Å². The van der Waals surface area contributed by atoms with E-state index >= 15 is 0 Å². The van der Waals surface area contributed by atoms with Crippen LogP contribution in [0.15, 0.2) is 77.4 Å². The van der Waals surface area contributed by atoms with Crippen molar-refractivity contribution in [2.45, 2.75) is 17.4 Å². The van der Waals surface area contributed by atoms with Crippen molar-refractivity contribution in [2.75, 3.05) is 11.5 Å². The molecule has 2 amide bonds. The van der Waals surface area contributed by atoms with E-state index in [4.69, 9.17) is 9.15 Å². The van der Waals surface area contributed by atoms with Crippen LogP contribution < -0.4 is 4.90 Å². The zero-order chi connectivity index (χ0) is 22.5. The molecule has 1 aliphatic rings. The van der Waals surface area contributed by atoms with Crippen LogP contribution in [0.3, 0.4) is 0 Å². The number of carbonyl (C=O) groups is 4. The number of carbonyl (C=O) groups excluding carboxylic acids is 4. The summed E-state index contributed by atoms with van der Waals surface area (Å²) in [5, 5.41) is -0.485. The molecule has 1 atom stereocenters. The Morgan fingerprint density at radius 2 is 1.72 bits per heavy atom. The molecule has 162 valence electrons. The summed E-state index contributed by atoms with van der Waals surface area (Å²) in [4.78, 5) is 50.6. The molecular formula is C24H19NO6S. The first-order valence-electron chi connectivity index (χ1n) is 9.89. The Labute approximate surface area is 188 Å². The molecule has 7 nitrogen and oxygen atoms in total. The lowest BCUT2D eigenvalue weighted by Gasteiger charge is -2.15. The normalized spacial score (nSPS) is 15.8. The molecule has 4 rings (SSSR count). The molecule has 0 bridgehead atoms. The van der Waals surface area contributed by atoms with Crippen molar-refractivity contribution in [3.63, 3.8) is 0 Å². The van der Waals surface area contributed by atoms with Crippen LogP contribution in [-0.2, 0) is 20.1 Å². The fourth-order valence-electron chi connectivity index (χ4n) is 3.25. The Hall–Kier alpha value is -3.65. The van der Waals surface area contributed by atoms with Gasteiger partial charge < -0.3 is 9.15 Å². The molecule has 3 aromatic rings. The zero-order valence-electron chi connectivity index (χ0n) is 16.9. The molecule has 0 N–H and O–H groups in total. The van der Waals surface area contributed by atoms with Gasteiger partial charge in [-0.25, -0.2) is 9.69 Å². The fourth-order valence-corrected chi connectivity index (χ4v) is 4.29. The molecule has 1 aromatic heterocycles. The summed E-state index contributed by atoms with van der Waals surface area (Å²) in [5.74, 6) is -0.320. The minimum atomic E-state index is -0.660. The lowest BCUT2D eigenvalue weighted by atomic mass is 10.1. The first kappa shape index (κ1) is 21.6. The molecule has 0 radical (unpaired) electrons. The maximum atomic E-state index is 12.7. The Kier molecular flexibility index (Phi) is 6.51. The van der Waals surface area contributed by atoms with Gasteiger partial charge in [0.15, 0.2) is 12.4 Å². The third-order valence-electron chi connectivity index (χ3n) is 4.90. The van der Waals surface area contributed by atoms with Crippen LogP contribution in [0.25, 0.3) is 0 Å². The molecule has 2 heterocycles. The second-order valence-electron chi connectivity index (χ2n) is 7.06. The number of hydrogen-bond acceptors (Lipinski definition) is 7. The van der Waals surface area contributed by atoms with Crippen LogP contribution in [0.2, 0.25) is 0 Å². The second-order valence-corrected chi connectivity index (χ2v) is 8.25. The van der Waals surface area contributed by atoms with Crippen LogP contribution in [0, 0.1) is 0 Å².